The zero-order valence-electron chi connectivity index (χ0n) is 13.3. The first-order valence-electron chi connectivity index (χ1n) is 8.07. The van der Waals surface area contributed by atoms with Gasteiger partial charge in [-0.25, -0.2) is 9.67 Å². The van der Waals surface area contributed by atoms with E-state index in [0.29, 0.717) is 18.0 Å². The average Bonchev–Trinajstić information content (AvgIpc) is 3.25. The lowest BCUT2D eigenvalue weighted by Gasteiger charge is -2.18. The summed E-state index contributed by atoms with van der Waals surface area (Å²) in [6.45, 7) is 2.24. The van der Waals surface area contributed by atoms with E-state index in [1.807, 2.05) is 19.1 Å². The molecule has 0 bridgehead atoms. The van der Waals surface area contributed by atoms with E-state index in [4.69, 9.17) is 0 Å². The zero-order chi connectivity index (χ0) is 16.2. The van der Waals surface area contributed by atoms with Crippen LogP contribution in [0.5, 0.6) is 0 Å². The van der Waals surface area contributed by atoms with Crippen molar-refractivity contribution in [1.29, 1.82) is 0 Å². The monoisotopic (exact) mass is 314 g/mol. The third kappa shape index (κ3) is 3.59. The number of rotatable bonds is 5. The number of hydrogen-bond donors (Lipinski definition) is 2. The minimum absolute atomic E-state index is 0.157. The molecule has 0 spiro atoms. The van der Waals surface area contributed by atoms with Crippen LogP contribution in [0.2, 0.25) is 0 Å². The molecule has 1 aliphatic rings. The van der Waals surface area contributed by atoms with E-state index in [1.54, 1.807) is 17.1 Å². The van der Waals surface area contributed by atoms with Crippen molar-refractivity contribution in [3.05, 3.63) is 42.0 Å². The van der Waals surface area contributed by atoms with Crippen molar-refractivity contribution < 1.29 is 9.90 Å². The number of benzene rings is 1. The zero-order valence-corrected chi connectivity index (χ0v) is 13.3. The van der Waals surface area contributed by atoms with E-state index >= 15 is 0 Å². The molecule has 0 unspecified atom stereocenters. The van der Waals surface area contributed by atoms with Crippen LogP contribution in [0.3, 0.4) is 0 Å². The van der Waals surface area contributed by atoms with Gasteiger partial charge in [0.05, 0.1) is 11.8 Å². The third-order valence-electron chi connectivity index (χ3n) is 4.54. The Morgan fingerprint density at radius 3 is 2.87 bits per heavy atom. The summed E-state index contributed by atoms with van der Waals surface area (Å²) in [5, 5.41) is 17.1. The predicted octanol–water partition coefficient (Wildman–Crippen LogP) is 1.86. The van der Waals surface area contributed by atoms with Crippen LogP contribution in [0.15, 0.2) is 30.9 Å². The lowest BCUT2D eigenvalue weighted by molar-refractivity contribution is 0.0840. The Morgan fingerprint density at radius 2 is 2.22 bits per heavy atom. The highest BCUT2D eigenvalue weighted by atomic mass is 16.3. The van der Waals surface area contributed by atoms with Gasteiger partial charge in [0.2, 0.25) is 0 Å². The first-order valence-corrected chi connectivity index (χ1v) is 8.07. The van der Waals surface area contributed by atoms with Gasteiger partial charge >= 0.3 is 0 Å². The number of aliphatic hydroxyl groups excluding tert-OH is 1. The van der Waals surface area contributed by atoms with Gasteiger partial charge in [0.15, 0.2) is 0 Å². The maximum absolute atomic E-state index is 12.3. The molecule has 122 valence electrons. The molecule has 6 nitrogen and oxygen atoms in total. The third-order valence-corrected chi connectivity index (χ3v) is 4.54. The average molecular weight is 314 g/mol. The first kappa shape index (κ1) is 15.7. The second-order valence-corrected chi connectivity index (χ2v) is 6.16. The van der Waals surface area contributed by atoms with Crippen LogP contribution in [0.1, 0.15) is 41.6 Å². The number of aromatic nitrogens is 3. The summed E-state index contributed by atoms with van der Waals surface area (Å²) in [4.78, 5) is 16.2. The largest absolute Gasteiger partial charge is 0.391 e. The molecule has 2 N–H and O–H groups in total. The summed E-state index contributed by atoms with van der Waals surface area (Å²) in [7, 11) is 0. The Morgan fingerprint density at radius 1 is 1.43 bits per heavy atom. The molecule has 1 aliphatic carbocycles. The van der Waals surface area contributed by atoms with Crippen LogP contribution in [0.25, 0.3) is 5.69 Å². The Balaban J connectivity index is 1.62. The quantitative estimate of drug-likeness (QED) is 0.883. The minimum Gasteiger partial charge on any atom is -0.391 e. The highest BCUT2D eigenvalue weighted by molar-refractivity contribution is 5.94. The van der Waals surface area contributed by atoms with Crippen molar-refractivity contribution in [1.82, 2.24) is 20.1 Å². The first-order chi connectivity index (χ1) is 11.1. The smallest absolute Gasteiger partial charge is 0.251 e. The van der Waals surface area contributed by atoms with Crippen LogP contribution in [-0.4, -0.2) is 38.4 Å². The van der Waals surface area contributed by atoms with E-state index in [9.17, 15) is 9.90 Å². The standard InChI is InChI=1S/C17H22N4O2/c1-12-8-14(6-7-15(12)21-11-18-10-20-21)17(23)19-9-16(22)13-4-2-3-5-13/h6-8,10-11,13,16,22H,2-5,9H2,1H3,(H,19,23)/t16-/m1/s1. The molecule has 1 heterocycles. The highest BCUT2D eigenvalue weighted by Crippen LogP contribution is 2.27. The second-order valence-electron chi connectivity index (χ2n) is 6.16. The molecule has 1 aromatic carbocycles. The Bertz CT molecular complexity index is 663. The lowest BCUT2D eigenvalue weighted by Crippen LogP contribution is -2.35. The molecule has 1 saturated carbocycles. The highest BCUT2D eigenvalue weighted by Gasteiger charge is 2.23. The van der Waals surface area contributed by atoms with Crippen molar-refractivity contribution in [3.8, 4) is 5.69 Å². The number of amides is 1. The summed E-state index contributed by atoms with van der Waals surface area (Å²) in [6.07, 6.45) is 7.13. The molecule has 1 fully saturated rings. The van der Waals surface area contributed by atoms with E-state index in [2.05, 4.69) is 15.4 Å². The van der Waals surface area contributed by atoms with Crippen molar-refractivity contribution in [2.24, 2.45) is 5.92 Å². The van der Waals surface area contributed by atoms with Crippen LogP contribution >= 0.6 is 0 Å². The van der Waals surface area contributed by atoms with Gasteiger partial charge in [0.1, 0.15) is 12.7 Å². The van der Waals surface area contributed by atoms with Gasteiger partial charge < -0.3 is 10.4 Å². The molecule has 6 heteroatoms. The van der Waals surface area contributed by atoms with Crippen LogP contribution in [0, 0.1) is 12.8 Å². The van der Waals surface area contributed by atoms with Crippen LogP contribution < -0.4 is 5.32 Å². The fourth-order valence-corrected chi connectivity index (χ4v) is 3.19. The van der Waals surface area contributed by atoms with Crippen molar-refractivity contribution in [2.45, 2.75) is 38.7 Å². The molecule has 1 amide bonds. The second kappa shape index (κ2) is 6.91. The molecule has 23 heavy (non-hydrogen) atoms. The van der Waals surface area contributed by atoms with Crippen LogP contribution in [0.4, 0.5) is 0 Å². The topological polar surface area (TPSA) is 80.0 Å². The number of nitrogens with zero attached hydrogens (tertiary/aromatic N) is 3. The van der Waals surface area contributed by atoms with Gasteiger partial charge in [-0.15, -0.1) is 0 Å². The van der Waals surface area contributed by atoms with Gasteiger partial charge in [-0.05, 0) is 49.4 Å². The van der Waals surface area contributed by atoms with E-state index in [1.165, 1.54) is 19.2 Å². The fourth-order valence-electron chi connectivity index (χ4n) is 3.19. The SMILES string of the molecule is Cc1cc(C(=O)NC[C@@H](O)C2CCCC2)ccc1-n1cncn1. The van der Waals surface area contributed by atoms with E-state index in [-0.39, 0.29) is 5.91 Å². The van der Waals surface area contributed by atoms with Gasteiger partial charge in [-0.3, -0.25) is 4.79 Å². The molecule has 2 aromatic rings. The summed E-state index contributed by atoms with van der Waals surface area (Å²) in [5.74, 6) is 0.169. The molecule has 3 rings (SSSR count). The van der Waals surface area contributed by atoms with Crippen LogP contribution in [-0.2, 0) is 0 Å². The van der Waals surface area contributed by atoms with Gasteiger partial charge in [-0.2, -0.15) is 5.10 Å². The number of carbonyl (C=O) groups excluding carboxylic acids is 1. The van der Waals surface area contributed by atoms with Crippen molar-refractivity contribution in [2.75, 3.05) is 6.54 Å². The summed E-state index contributed by atoms with van der Waals surface area (Å²) in [6, 6.07) is 5.45. The van der Waals surface area contributed by atoms with E-state index in [0.717, 1.165) is 24.1 Å². The number of carbonyl (C=O) groups is 1. The number of hydrogen-bond acceptors (Lipinski definition) is 4. The predicted molar refractivity (Wildman–Crippen MR) is 86.4 cm³/mol. The maximum Gasteiger partial charge on any atom is 0.251 e. The fraction of sp³-hybridized carbons (Fsp3) is 0.471. The molecule has 0 radical (unpaired) electrons. The van der Waals surface area contributed by atoms with Crippen molar-refractivity contribution >= 4 is 5.91 Å². The number of aliphatic hydroxyl groups is 1. The molecular formula is C17H22N4O2. The molecule has 0 aliphatic heterocycles. The van der Waals surface area contributed by atoms with Gasteiger partial charge in [-0.1, -0.05) is 12.8 Å². The summed E-state index contributed by atoms with van der Waals surface area (Å²) >= 11 is 0. The van der Waals surface area contributed by atoms with Gasteiger partial charge in [0.25, 0.3) is 5.91 Å². The molecule has 1 aromatic heterocycles. The Labute approximate surface area is 135 Å². The summed E-state index contributed by atoms with van der Waals surface area (Å²) in [5.41, 5.74) is 2.43. The van der Waals surface area contributed by atoms with E-state index < -0.39 is 6.10 Å². The summed E-state index contributed by atoms with van der Waals surface area (Å²) < 4.78 is 1.67. The maximum atomic E-state index is 12.3. The molecule has 0 saturated heterocycles. The Kier molecular flexibility index (Phi) is 4.71. The number of aryl methyl sites for hydroxylation is 1. The number of nitrogens with one attached hydrogen (secondary N) is 1. The Hall–Kier alpha value is -2.21. The molecule has 1 atom stereocenters. The van der Waals surface area contributed by atoms with Crippen molar-refractivity contribution in [3.63, 3.8) is 0 Å². The minimum atomic E-state index is -0.447. The normalized spacial score (nSPS) is 16.4. The lowest BCUT2D eigenvalue weighted by atomic mass is 10.0. The molecular weight excluding hydrogens is 292 g/mol. The van der Waals surface area contributed by atoms with Gasteiger partial charge in [0, 0.05) is 12.1 Å².